The molecule has 108 valence electrons. The molecule has 0 aliphatic carbocycles. The molecular formula is C18H18FNO. The average Bonchev–Trinajstić information content (AvgIpc) is 2.74. The van der Waals surface area contributed by atoms with Crippen molar-refractivity contribution in [3.63, 3.8) is 0 Å². The lowest BCUT2D eigenvalue weighted by molar-refractivity contribution is -0.119. The Kier molecular flexibility index (Phi) is 3.50. The van der Waals surface area contributed by atoms with Crippen LogP contribution in [0.15, 0.2) is 54.6 Å². The third kappa shape index (κ3) is 2.82. The Labute approximate surface area is 124 Å². The van der Waals surface area contributed by atoms with E-state index < -0.39 is 0 Å². The molecule has 2 nitrogen and oxygen atoms in total. The van der Waals surface area contributed by atoms with Crippen LogP contribution in [-0.2, 0) is 11.2 Å². The van der Waals surface area contributed by atoms with Crippen LogP contribution in [0, 0.1) is 11.2 Å². The van der Waals surface area contributed by atoms with E-state index >= 15 is 0 Å². The maximum atomic E-state index is 13.4. The summed E-state index contributed by atoms with van der Waals surface area (Å²) in [5.74, 6) is -0.174. The van der Waals surface area contributed by atoms with Gasteiger partial charge in [-0.1, -0.05) is 49.4 Å². The second-order valence-electron chi connectivity index (χ2n) is 6.05. The summed E-state index contributed by atoms with van der Waals surface area (Å²) < 4.78 is 13.4. The molecule has 1 aliphatic rings. The lowest BCUT2D eigenvalue weighted by Crippen LogP contribution is -2.28. The number of carbonyl (C=O) groups excluding carboxylic acids is 1. The van der Waals surface area contributed by atoms with E-state index in [2.05, 4.69) is 12.2 Å². The van der Waals surface area contributed by atoms with Gasteiger partial charge in [-0.2, -0.15) is 0 Å². The number of halogens is 1. The van der Waals surface area contributed by atoms with Gasteiger partial charge in [-0.05, 0) is 29.7 Å². The molecule has 3 heteroatoms. The quantitative estimate of drug-likeness (QED) is 0.915. The van der Waals surface area contributed by atoms with Gasteiger partial charge in [0.2, 0.25) is 5.91 Å². The van der Waals surface area contributed by atoms with E-state index in [9.17, 15) is 9.18 Å². The monoisotopic (exact) mass is 283 g/mol. The summed E-state index contributed by atoms with van der Waals surface area (Å²) >= 11 is 0. The first kappa shape index (κ1) is 13.8. The van der Waals surface area contributed by atoms with Crippen LogP contribution in [0.2, 0.25) is 0 Å². The van der Waals surface area contributed by atoms with E-state index in [1.54, 1.807) is 12.1 Å². The average molecular weight is 283 g/mol. The Hall–Kier alpha value is -2.16. The molecule has 2 aromatic carbocycles. The molecule has 1 saturated heterocycles. The van der Waals surface area contributed by atoms with Crippen LogP contribution in [0.5, 0.6) is 0 Å². The molecule has 0 saturated carbocycles. The predicted octanol–water partition coefficient (Wildman–Crippen LogP) is 3.64. The van der Waals surface area contributed by atoms with Crippen molar-refractivity contribution in [1.82, 2.24) is 5.32 Å². The molecule has 1 heterocycles. The highest BCUT2D eigenvalue weighted by molar-refractivity contribution is 5.80. The SMILES string of the molecule is CC1(Cc2cccc(F)c2)CC(=O)NC1c1ccccc1. The van der Waals surface area contributed by atoms with Gasteiger partial charge in [0.1, 0.15) is 5.82 Å². The second-order valence-corrected chi connectivity index (χ2v) is 6.05. The first-order valence-corrected chi connectivity index (χ1v) is 7.16. The predicted molar refractivity (Wildman–Crippen MR) is 80.2 cm³/mol. The van der Waals surface area contributed by atoms with Crippen LogP contribution >= 0.6 is 0 Å². The highest BCUT2D eigenvalue weighted by Crippen LogP contribution is 2.44. The van der Waals surface area contributed by atoms with Crippen LogP contribution in [0.25, 0.3) is 0 Å². The number of carbonyl (C=O) groups is 1. The molecule has 1 N–H and O–H groups in total. The normalized spacial score (nSPS) is 24.9. The minimum absolute atomic E-state index is 0.0329. The Morgan fingerprint density at radius 3 is 2.67 bits per heavy atom. The van der Waals surface area contributed by atoms with Crippen molar-refractivity contribution < 1.29 is 9.18 Å². The fraction of sp³-hybridized carbons (Fsp3) is 0.278. The van der Waals surface area contributed by atoms with E-state index in [0.29, 0.717) is 12.8 Å². The van der Waals surface area contributed by atoms with Gasteiger partial charge in [-0.3, -0.25) is 4.79 Å². The topological polar surface area (TPSA) is 29.1 Å². The number of amides is 1. The zero-order valence-corrected chi connectivity index (χ0v) is 12.0. The van der Waals surface area contributed by atoms with E-state index in [4.69, 9.17) is 0 Å². The standard InChI is InChI=1S/C18H18FNO/c1-18(11-13-6-5-9-15(19)10-13)12-16(21)20-17(18)14-7-3-2-4-8-14/h2-10,17H,11-12H2,1H3,(H,20,21). The summed E-state index contributed by atoms with van der Waals surface area (Å²) in [5, 5.41) is 3.06. The largest absolute Gasteiger partial charge is 0.349 e. The lowest BCUT2D eigenvalue weighted by atomic mass is 9.74. The van der Waals surface area contributed by atoms with Crippen LogP contribution < -0.4 is 5.32 Å². The number of hydrogen-bond donors (Lipinski definition) is 1. The minimum atomic E-state index is -0.244. The smallest absolute Gasteiger partial charge is 0.221 e. The van der Waals surface area contributed by atoms with Gasteiger partial charge < -0.3 is 5.32 Å². The molecule has 1 amide bonds. The minimum Gasteiger partial charge on any atom is -0.349 e. The molecule has 21 heavy (non-hydrogen) atoms. The molecular weight excluding hydrogens is 265 g/mol. The van der Waals surface area contributed by atoms with Crippen molar-refractivity contribution in [3.05, 3.63) is 71.5 Å². The van der Waals surface area contributed by atoms with Crippen molar-refractivity contribution in [2.45, 2.75) is 25.8 Å². The Morgan fingerprint density at radius 1 is 1.19 bits per heavy atom. The van der Waals surface area contributed by atoms with Crippen molar-refractivity contribution in [2.75, 3.05) is 0 Å². The van der Waals surface area contributed by atoms with Crippen molar-refractivity contribution in [1.29, 1.82) is 0 Å². The number of hydrogen-bond acceptors (Lipinski definition) is 1. The summed E-state index contributed by atoms with van der Waals surface area (Å²) in [7, 11) is 0. The fourth-order valence-electron chi connectivity index (χ4n) is 3.26. The van der Waals surface area contributed by atoms with E-state index in [1.807, 2.05) is 36.4 Å². The van der Waals surface area contributed by atoms with Crippen LogP contribution in [-0.4, -0.2) is 5.91 Å². The molecule has 1 aliphatic heterocycles. The third-order valence-electron chi connectivity index (χ3n) is 4.20. The first-order valence-electron chi connectivity index (χ1n) is 7.16. The van der Waals surface area contributed by atoms with Gasteiger partial charge in [0.25, 0.3) is 0 Å². The fourth-order valence-corrected chi connectivity index (χ4v) is 3.26. The maximum Gasteiger partial charge on any atom is 0.221 e. The molecule has 0 radical (unpaired) electrons. The molecule has 2 unspecified atom stereocenters. The zero-order chi connectivity index (χ0) is 14.9. The zero-order valence-electron chi connectivity index (χ0n) is 12.0. The van der Waals surface area contributed by atoms with E-state index in [1.165, 1.54) is 6.07 Å². The highest BCUT2D eigenvalue weighted by Gasteiger charge is 2.43. The maximum absolute atomic E-state index is 13.4. The lowest BCUT2D eigenvalue weighted by Gasteiger charge is -2.30. The molecule has 0 bridgehead atoms. The number of benzene rings is 2. The van der Waals surface area contributed by atoms with Crippen molar-refractivity contribution in [3.8, 4) is 0 Å². The van der Waals surface area contributed by atoms with Gasteiger partial charge in [-0.15, -0.1) is 0 Å². The van der Waals surface area contributed by atoms with Gasteiger partial charge in [0.15, 0.2) is 0 Å². The molecule has 3 rings (SSSR count). The molecule has 2 aromatic rings. The Balaban J connectivity index is 1.92. The van der Waals surface area contributed by atoms with Crippen LogP contribution in [0.3, 0.4) is 0 Å². The van der Waals surface area contributed by atoms with Crippen molar-refractivity contribution >= 4 is 5.91 Å². The summed E-state index contributed by atoms with van der Waals surface area (Å²) in [5.41, 5.74) is 1.78. The Morgan fingerprint density at radius 2 is 1.95 bits per heavy atom. The van der Waals surface area contributed by atoms with E-state index in [0.717, 1.165) is 11.1 Å². The third-order valence-corrected chi connectivity index (χ3v) is 4.20. The molecule has 1 fully saturated rings. The first-order chi connectivity index (χ1) is 10.1. The summed E-state index contributed by atoms with van der Waals surface area (Å²) in [6.07, 6.45) is 1.13. The number of nitrogens with one attached hydrogen (secondary N) is 1. The number of rotatable bonds is 3. The van der Waals surface area contributed by atoms with Gasteiger partial charge in [0, 0.05) is 11.8 Å². The summed E-state index contributed by atoms with van der Waals surface area (Å²) in [6.45, 7) is 2.09. The summed E-state index contributed by atoms with van der Waals surface area (Å²) in [4.78, 5) is 11.9. The second kappa shape index (κ2) is 5.32. The Bertz CT molecular complexity index is 655. The molecule has 0 aromatic heterocycles. The van der Waals surface area contributed by atoms with E-state index in [-0.39, 0.29) is 23.2 Å². The van der Waals surface area contributed by atoms with Gasteiger partial charge in [0.05, 0.1) is 6.04 Å². The van der Waals surface area contributed by atoms with Gasteiger partial charge in [-0.25, -0.2) is 4.39 Å². The van der Waals surface area contributed by atoms with Crippen molar-refractivity contribution in [2.24, 2.45) is 5.41 Å². The van der Waals surface area contributed by atoms with Gasteiger partial charge >= 0.3 is 0 Å². The molecule has 2 atom stereocenters. The van der Waals surface area contributed by atoms with Crippen LogP contribution in [0.4, 0.5) is 4.39 Å². The highest BCUT2D eigenvalue weighted by atomic mass is 19.1. The molecule has 0 spiro atoms. The summed E-state index contributed by atoms with van der Waals surface area (Å²) in [6, 6.07) is 16.6. The van der Waals surface area contributed by atoms with Crippen LogP contribution in [0.1, 0.15) is 30.5 Å².